The minimum absolute atomic E-state index is 0.166. The standard InChI is InChI=1S/C15H23NO5/c1-7-20-13(18)11-8-10(9(2)3)12(17)16(11)14(19)21-15(4,5)6/h11H,7-8H2,1-6H3/t11-/m0/s1. The molecule has 0 unspecified atom stereocenters. The Bertz CT molecular complexity index is 483. The highest BCUT2D eigenvalue weighted by Gasteiger charge is 2.46. The fourth-order valence-corrected chi connectivity index (χ4v) is 2.03. The van der Waals surface area contributed by atoms with Crippen molar-refractivity contribution >= 4 is 18.0 Å². The van der Waals surface area contributed by atoms with Crippen LogP contribution >= 0.6 is 0 Å². The molecule has 0 spiro atoms. The summed E-state index contributed by atoms with van der Waals surface area (Å²) >= 11 is 0. The molecule has 0 aromatic carbocycles. The molecule has 21 heavy (non-hydrogen) atoms. The van der Waals surface area contributed by atoms with Crippen LogP contribution in [0.5, 0.6) is 0 Å². The van der Waals surface area contributed by atoms with Gasteiger partial charge in [-0.05, 0) is 41.5 Å². The predicted octanol–water partition coefficient (Wildman–Crippen LogP) is 2.42. The SMILES string of the molecule is CCOC(=O)[C@@H]1CC(=C(C)C)C(=O)N1C(=O)OC(C)(C)C. The van der Waals surface area contributed by atoms with Crippen molar-refractivity contribution in [2.75, 3.05) is 6.61 Å². The second kappa shape index (κ2) is 6.28. The lowest BCUT2D eigenvalue weighted by Crippen LogP contribution is -2.46. The van der Waals surface area contributed by atoms with Crippen LogP contribution in [-0.4, -0.2) is 41.1 Å². The molecule has 0 aromatic rings. The molecule has 1 heterocycles. The summed E-state index contributed by atoms with van der Waals surface area (Å²) in [6.45, 7) is 10.5. The smallest absolute Gasteiger partial charge is 0.418 e. The fraction of sp³-hybridized carbons (Fsp3) is 0.667. The summed E-state index contributed by atoms with van der Waals surface area (Å²) in [6.07, 6.45) is -0.652. The average molecular weight is 297 g/mol. The molecule has 0 aromatic heterocycles. The Morgan fingerprint density at radius 1 is 1.29 bits per heavy atom. The first-order valence-electron chi connectivity index (χ1n) is 6.98. The first kappa shape index (κ1) is 17.2. The molecule has 1 fully saturated rings. The van der Waals surface area contributed by atoms with E-state index in [1.54, 1.807) is 41.5 Å². The maximum Gasteiger partial charge on any atom is 0.418 e. The summed E-state index contributed by atoms with van der Waals surface area (Å²) in [4.78, 5) is 37.4. The van der Waals surface area contributed by atoms with Crippen molar-refractivity contribution in [3.8, 4) is 0 Å². The monoisotopic (exact) mass is 297 g/mol. The van der Waals surface area contributed by atoms with E-state index in [1.807, 2.05) is 0 Å². The zero-order valence-corrected chi connectivity index (χ0v) is 13.5. The number of hydrogen-bond donors (Lipinski definition) is 0. The van der Waals surface area contributed by atoms with E-state index in [0.29, 0.717) is 5.57 Å². The number of carbonyl (C=O) groups is 3. The second-order valence-electron chi connectivity index (χ2n) is 6.11. The lowest BCUT2D eigenvalue weighted by molar-refractivity contribution is -0.150. The van der Waals surface area contributed by atoms with E-state index in [0.717, 1.165) is 10.5 Å². The summed E-state index contributed by atoms with van der Waals surface area (Å²) < 4.78 is 10.2. The Balaban J connectivity index is 3.10. The van der Waals surface area contributed by atoms with Crippen LogP contribution in [0.1, 0.15) is 48.0 Å². The van der Waals surface area contributed by atoms with Crippen molar-refractivity contribution in [3.05, 3.63) is 11.1 Å². The van der Waals surface area contributed by atoms with E-state index in [1.165, 1.54) is 0 Å². The van der Waals surface area contributed by atoms with E-state index in [9.17, 15) is 14.4 Å². The lowest BCUT2D eigenvalue weighted by atomic mass is 10.1. The van der Waals surface area contributed by atoms with Crippen LogP contribution in [0.15, 0.2) is 11.1 Å². The van der Waals surface area contributed by atoms with Crippen molar-refractivity contribution in [3.63, 3.8) is 0 Å². The summed E-state index contributed by atoms with van der Waals surface area (Å²) in [5, 5.41) is 0. The summed E-state index contributed by atoms with van der Waals surface area (Å²) in [7, 11) is 0. The van der Waals surface area contributed by atoms with E-state index in [-0.39, 0.29) is 13.0 Å². The van der Waals surface area contributed by atoms with Gasteiger partial charge in [-0.2, -0.15) is 0 Å². The van der Waals surface area contributed by atoms with E-state index in [2.05, 4.69) is 0 Å². The number of rotatable bonds is 2. The molecule has 0 aliphatic carbocycles. The van der Waals surface area contributed by atoms with Crippen LogP contribution in [0, 0.1) is 0 Å². The number of hydrogen-bond acceptors (Lipinski definition) is 5. The molecule has 118 valence electrons. The van der Waals surface area contributed by atoms with Crippen LogP contribution in [0.25, 0.3) is 0 Å². The highest BCUT2D eigenvalue weighted by molar-refractivity contribution is 6.09. The number of amides is 2. The minimum atomic E-state index is -0.947. The first-order valence-corrected chi connectivity index (χ1v) is 6.98. The third-order valence-corrected chi connectivity index (χ3v) is 2.94. The van der Waals surface area contributed by atoms with Crippen molar-refractivity contribution < 1.29 is 23.9 Å². The molecule has 0 saturated carbocycles. The van der Waals surface area contributed by atoms with E-state index in [4.69, 9.17) is 9.47 Å². The average Bonchev–Trinajstić information content (AvgIpc) is 2.65. The van der Waals surface area contributed by atoms with Gasteiger partial charge in [0, 0.05) is 12.0 Å². The molecule has 6 heteroatoms. The number of allylic oxidation sites excluding steroid dienone is 1. The molecular weight excluding hydrogens is 274 g/mol. The molecule has 1 saturated heterocycles. The second-order valence-corrected chi connectivity index (χ2v) is 6.11. The highest BCUT2D eigenvalue weighted by Crippen LogP contribution is 2.29. The maximum atomic E-state index is 12.4. The number of carbonyl (C=O) groups excluding carboxylic acids is 3. The zero-order valence-electron chi connectivity index (χ0n) is 13.5. The van der Waals surface area contributed by atoms with Gasteiger partial charge in [-0.1, -0.05) is 5.57 Å². The third kappa shape index (κ3) is 4.06. The molecule has 1 aliphatic heterocycles. The van der Waals surface area contributed by atoms with Gasteiger partial charge < -0.3 is 9.47 Å². The summed E-state index contributed by atoms with van der Waals surface area (Å²) in [5.74, 6) is -1.07. The molecule has 0 bridgehead atoms. The Morgan fingerprint density at radius 2 is 1.86 bits per heavy atom. The molecule has 2 amide bonds. The molecule has 1 rings (SSSR count). The van der Waals surface area contributed by atoms with Crippen molar-refractivity contribution in [2.45, 2.75) is 59.6 Å². The number of ether oxygens (including phenoxy) is 2. The number of esters is 1. The topological polar surface area (TPSA) is 72.9 Å². The molecule has 0 radical (unpaired) electrons. The molecule has 0 N–H and O–H groups in total. The Hall–Kier alpha value is -1.85. The van der Waals surface area contributed by atoms with Crippen molar-refractivity contribution in [1.82, 2.24) is 4.90 Å². The first-order chi connectivity index (χ1) is 9.58. The zero-order chi connectivity index (χ0) is 16.4. The summed E-state index contributed by atoms with van der Waals surface area (Å²) in [5.41, 5.74) is 0.490. The van der Waals surface area contributed by atoms with Crippen LogP contribution in [0.4, 0.5) is 4.79 Å². The van der Waals surface area contributed by atoms with Crippen LogP contribution in [0.2, 0.25) is 0 Å². The van der Waals surface area contributed by atoms with E-state index < -0.39 is 29.6 Å². The van der Waals surface area contributed by atoms with Gasteiger partial charge in [0.15, 0.2) is 0 Å². The van der Waals surface area contributed by atoms with Gasteiger partial charge in [0.1, 0.15) is 11.6 Å². The fourth-order valence-electron chi connectivity index (χ4n) is 2.03. The van der Waals surface area contributed by atoms with Gasteiger partial charge in [-0.25, -0.2) is 14.5 Å². The van der Waals surface area contributed by atoms with E-state index >= 15 is 0 Å². The molecular formula is C15H23NO5. The van der Waals surface area contributed by atoms with Gasteiger partial charge in [0.05, 0.1) is 6.61 Å². The van der Waals surface area contributed by atoms with Gasteiger partial charge in [-0.3, -0.25) is 4.79 Å². The van der Waals surface area contributed by atoms with Crippen molar-refractivity contribution in [1.29, 1.82) is 0 Å². The van der Waals surface area contributed by atoms with Crippen LogP contribution in [0.3, 0.4) is 0 Å². The Kier molecular flexibility index (Phi) is 5.15. The largest absolute Gasteiger partial charge is 0.464 e. The normalized spacial score (nSPS) is 18.8. The summed E-state index contributed by atoms with van der Waals surface area (Å²) in [6, 6.07) is -0.947. The number of likely N-dealkylation sites (tertiary alicyclic amines) is 1. The minimum Gasteiger partial charge on any atom is -0.464 e. The van der Waals surface area contributed by atoms with Crippen LogP contribution in [-0.2, 0) is 19.1 Å². The third-order valence-electron chi connectivity index (χ3n) is 2.94. The maximum absolute atomic E-state index is 12.4. The molecule has 1 aliphatic rings. The number of imide groups is 1. The van der Waals surface area contributed by atoms with Gasteiger partial charge in [-0.15, -0.1) is 0 Å². The highest BCUT2D eigenvalue weighted by atomic mass is 16.6. The quantitative estimate of drug-likeness (QED) is 0.578. The predicted molar refractivity (Wildman–Crippen MR) is 76.5 cm³/mol. The van der Waals surface area contributed by atoms with Gasteiger partial charge in [0.25, 0.3) is 5.91 Å². The number of nitrogens with zero attached hydrogens (tertiary/aromatic N) is 1. The molecule has 6 nitrogen and oxygen atoms in total. The van der Waals surface area contributed by atoms with Gasteiger partial charge in [0.2, 0.25) is 0 Å². The lowest BCUT2D eigenvalue weighted by Gasteiger charge is -2.26. The Labute approximate surface area is 125 Å². The Morgan fingerprint density at radius 3 is 2.29 bits per heavy atom. The van der Waals surface area contributed by atoms with Crippen molar-refractivity contribution in [2.24, 2.45) is 0 Å². The molecule has 1 atom stereocenters. The van der Waals surface area contributed by atoms with Gasteiger partial charge >= 0.3 is 12.1 Å². The van der Waals surface area contributed by atoms with Crippen LogP contribution < -0.4 is 0 Å².